The molecule has 0 spiro atoms. The average molecular weight is 402 g/mol. The predicted molar refractivity (Wildman–Crippen MR) is 112 cm³/mol. The van der Waals surface area contributed by atoms with Gasteiger partial charge in [0.25, 0.3) is 5.91 Å². The molecule has 150 valence electrons. The fourth-order valence-corrected chi connectivity index (χ4v) is 3.79. The lowest BCUT2D eigenvalue weighted by Crippen LogP contribution is -2.48. The van der Waals surface area contributed by atoms with Crippen molar-refractivity contribution in [2.75, 3.05) is 19.8 Å². The lowest BCUT2D eigenvalue weighted by Gasteiger charge is -2.38. The van der Waals surface area contributed by atoms with Gasteiger partial charge in [0.2, 0.25) is 0 Å². The number of carbonyl (C=O) groups excluding carboxylic acids is 1. The Morgan fingerprint density at radius 2 is 1.93 bits per heavy atom. The number of carbonyl (C=O) groups is 1. The van der Waals surface area contributed by atoms with Gasteiger partial charge in [-0.2, -0.15) is 0 Å². The molecule has 2 aromatic carbocycles. The molecule has 3 rings (SSSR count). The van der Waals surface area contributed by atoms with Crippen molar-refractivity contribution in [3.05, 3.63) is 64.7 Å². The van der Waals surface area contributed by atoms with E-state index >= 15 is 0 Å². The van der Waals surface area contributed by atoms with E-state index in [0.717, 1.165) is 18.4 Å². The van der Waals surface area contributed by atoms with E-state index < -0.39 is 6.10 Å². The van der Waals surface area contributed by atoms with Crippen molar-refractivity contribution in [1.82, 2.24) is 5.32 Å². The molecule has 0 radical (unpaired) electrons. The second kappa shape index (κ2) is 9.44. The van der Waals surface area contributed by atoms with Crippen molar-refractivity contribution < 1.29 is 14.3 Å². The fraction of sp³-hybridized carbons (Fsp3) is 0.435. The third-order valence-electron chi connectivity index (χ3n) is 5.51. The van der Waals surface area contributed by atoms with E-state index in [9.17, 15) is 4.79 Å². The third kappa shape index (κ3) is 4.86. The van der Waals surface area contributed by atoms with Crippen molar-refractivity contribution in [1.29, 1.82) is 0 Å². The van der Waals surface area contributed by atoms with Gasteiger partial charge in [-0.25, -0.2) is 0 Å². The molecule has 2 aromatic rings. The standard InChI is InChI=1S/C23H28ClNO3/c1-3-21(28-19-9-10-20(24)17(2)15-19)22(26)25-16-23(11-13-27-14-12-23)18-7-5-4-6-8-18/h4-10,15,21H,3,11-14,16H2,1-2H3,(H,25,26)/t21-/m0/s1. The Morgan fingerprint density at radius 1 is 1.21 bits per heavy atom. The summed E-state index contributed by atoms with van der Waals surface area (Å²) >= 11 is 6.08. The maximum atomic E-state index is 12.9. The Morgan fingerprint density at radius 3 is 2.57 bits per heavy atom. The minimum absolute atomic E-state index is 0.0862. The fourth-order valence-electron chi connectivity index (χ4n) is 3.67. The Labute approximate surface area is 172 Å². The predicted octanol–water partition coefficient (Wildman–Crippen LogP) is 4.67. The van der Waals surface area contributed by atoms with Crippen LogP contribution in [0, 0.1) is 6.92 Å². The molecular formula is C23H28ClNO3. The van der Waals surface area contributed by atoms with Gasteiger partial charge in [0.05, 0.1) is 0 Å². The van der Waals surface area contributed by atoms with Crippen LogP contribution in [0.25, 0.3) is 0 Å². The third-order valence-corrected chi connectivity index (χ3v) is 5.93. The first-order valence-corrected chi connectivity index (χ1v) is 10.3. The van der Waals surface area contributed by atoms with Crippen LogP contribution < -0.4 is 10.1 Å². The summed E-state index contributed by atoms with van der Waals surface area (Å²) in [5, 5.41) is 3.83. The van der Waals surface area contributed by atoms with E-state index in [0.29, 0.717) is 37.0 Å². The molecule has 0 unspecified atom stereocenters. The molecule has 28 heavy (non-hydrogen) atoms. The lowest BCUT2D eigenvalue weighted by atomic mass is 9.74. The highest BCUT2D eigenvalue weighted by Gasteiger charge is 2.35. The Kier molecular flexibility index (Phi) is 6.97. The van der Waals surface area contributed by atoms with Crippen LogP contribution in [0.1, 0.15) is 37.3 Å². The maximum Gasteiger partial charge on any atom is 0.261 e. The average Bonchev–Trinajstić information content (AvgIpc) is 2.74. The zero-order valence-corrected chi connectivity index (χ0v) is 17.3. The minimum Gasteiger partial charge on any atom is -0.481 e. The molecule has 1 amide bonds. The summed E-state index contributed by atoms with van der Waals surface area (Å²) in [7, 11) is 0. The Balaban J connectivity index is 1.68. The number of amides is 1. The number of halogens is 1. The van der Waals surface area contributed by atoms with Crippen LogP contribution in [0.3, 0.4) is 0 Å². The zero-order chi connectivity index (χ0) is 20.0. The van der Waals surface area contributed by atoms with Crippen LogP contribution in [0.4, 0.5) is 0 Å². The number of hydrogen-bond acceptors (Lipinski definition) is 3. The molecule has 5 heteroatoms. The van der Waals surface area contributed by atoms with Crippen molar-refractivity contribution in [3.8, 4) is 5.75 Å². The summed E-state index contributed by atoms with van der Waals surface area (Å²) < 4.78 is 11.5. The van der Waals surface area contributed by atoms with Crippen LogP contribution >= 0.6 is 11.6 Å². The molecule has 1 aliphatic heterocycles. The van der Waals surface area contributed by atoms with Crippen molar-refractivity contribution in [3.63, 3.8) is 0 Å². The van der Waals surface area contributed by atoms with Crippen LogP contribution in [0.5, 0.6) is 5.75 Å². The van der Waals surface area contributed by atoms with E-state index in [4.69, 9.17) is 21.1 Å². The van der Waals surface area contributed by atoms with E-state index in [1.54, 1.807) is 12.1 Å². The maximum absolute atomic E-state index is 12.9. The summed E-state index contributed by atoms with van der Waals surface area (Å²) in [6.07, 6.45) is 1.85. The van der Waals surface area contributed by atoms with Crippen LogP contribution in [0.15, 0.2) is 48.5 Å². The first-order chi connectivity index (χ1) is 13.5. The summed E-state index contributed by atoms with van der Waals surface area (Å²) in [4.78, 5) is 12.9. The van der Waals surface area contributed by atoms with E-state index in [1.165, 1.54) is 5.56 Å². The van der Waals surface area contributed by atoms with Gasteiger partial charge in [-0.15, -0.1) is 0 Å². The molecule has 0 aromatic heterocycles. The van der Waals surface area contributed by atoms with Gasteiger partial charge in [-0.05, 0) is 55.5 Å². The second-order valence-electron chi connectivity index (χ2n) is 7.40. The van der Waals surface area contributed by atoms with E-state index in [-0.39, 0.29) is 11.3 Å². The second-order valence-corrected chi connectivity index (χ2v) is 7.81. The van der Waals surface area contributed by atoms with Crippen LogP contribution in [0.2, 0.25) is 5.02 Å². The molecule has 0 bridgehead atoms. The number of rotatable bonds is 7. The molecular weight excluding hydrogens is 374 g/mol. The number of nitrogens with one attached hydrogen (secondary N) is 1. The van der Waals surface area contributed by atoms with Gasteiger partial charge in [0, 0.05) is 30.2 Å². The molecule has 1 fully saturated rings. The first-order valence-electron chi connectivity index (χ1n) is 9.88. The quantitative estimate of drug-likeness (QED) is 0.733. The van der Waals surface area contributed by atoms with Gasteiger partial charge in [-0.3, -0.25) is 4.79 Å². The summed E-state index contributed by atoms with van der Waals surface area (Å²) in [5.74, 6) is 0.574. The first kappa shape index (κ1) is 20.7. The number of hydrogen-bond donors (Lipinski definition) is 1. The topological polar surface area (TPSA) is 47.6 Å². The number of aryl methyl sites for hydroxylation is 1. The molecule has 1 heterocycles. The van der Waals surface area contributed by atoms with Gasteiger partial charge < -0.3 is 14.8 Å². The van der Waals surface area contributed by atoms with Gasteiger partial charge in [0.1, 0.15) is 5.75 Å². The molecule has 0 aliphatic carbocycles. The largest absolute Gasteiger partial charge is 0.481 e. The molecule has 0 saturated carbocycles. The van der Waals surface area contributed by atoms with Gasteiger partial charge in [0.15, 0.2) is 6.10 Å². The number of ether oxygens (including phenoxy) is 2. The molecule has 1 N–H and O–H groups in total. The highest BCUT2D eigenvalue weighted by Crippen LogP contribution is 2.34. The Hall–Kier alpha value is -2.04. The zero-order valence-electron chi connectivity index (χ0n) is 16.5. The Bertz CT molecular complexity index is 788. The summed E-state index contributed by atoms with van der Waals surface area (Å²) in [6.45, 7) is 5.88. The monoisotopic (exact) mass is 401 g/mol. The van der Waals surface area contributed by atoms with Crippen molar-refractivity contribution >= 4 is 17.5 Å². The molecule has 1 saturated heterocycles. The molecule has 1 aliphatic rings. The SMILES string of the molecule is CC[C@H](Oc1ccc(Cl)c(C)c1)C(=O)NCC1(c2ccccc2)CCOCC1. The van der Waals surface area contributed by atoms with Crippen LogP contribution in [-0.2, 0) is 14.9 Å². The van der Waals surface area contributed by atoms with E-state index in [2.05, 4.69) is 29.6 Å². The van der Waals surface area contributed by atoms with E-state index in [1.807, 2.05) is 26.0 Å². The van der Waals surface area contributed by atoms with Crippen LogP contribution in [-0.4, -0.2) is 31.8 Å². The molecule has 4 nitrogen and oxygen atoms in total. The lowest BCUT2D eigenvalue weighted by molar-refractivity contribution is -0.128. The summed E-state index contributed by atoms with van der Waals surface area (Å²) in [5.41, 5.74) is 2.09. The highest BCUT2D eigenvalue weighted by atomic mass is 35.5. The van der Waals surface area contributed by atoms with Gasteiger partial charge in [-0.1, -0.05) is 48.9 Å². The van der Waals surface area contributed by atoms with Crippen molar-refractivity contribution in [2.45, 2.75) is 44.6 Å². The minimum atomic E-state index is -0.534. The number of benzene rings is 2. The summed E-state index contributed by atoms with van der Waals surface area (Å²) in [6, 6.07) is 15.9. The van der Waals surface area contributed by atoms with Gasteiger partial charge >= 0.3 is 0 Å². The highest BCUT2D eigenvalue weighted by molar-refractivity contribution is 6.31. The smallest absolute Gasteiger partial charge is 0.261 e. The normalized spacial score (nSPS) is 17.0. The molecule has 1 atom stereocenters. The van der Waals surface area contributed by atoms with Crippen molar-refractivity contribution in [2.24, 2.45) is 0 Å².